The highest BCUT2D eigenvalue weighted by Gasteiger charge is 2.26. The van der Waals surface area contributed by atoms with E-state index < -0.39 is 12.0 Å². The standard InChI is InChI=1S/C19H21N3O4S/c1-10-7-8-14(13(9-10)15(23)12-5-3-4-6-12)21-18(26)22-19-20-11(2)16(27-19)17(24)25/h7-9,12H,3-6H2,1-2H3,(H,24,25)(H2,20,21,22,26). The first-order chi connectivity index (χ1) is 12.8. The lowest BCUT2D eigenvalue weighted by Gasteiger charge is -2.14. The minimum Gasteiger partial charge on any atom is -0.477 e. The first-order valence-electron chi connectivity index (χ1n) is 8.78. The van der Waals surface area contributed by atoms with E-state index in [9.17, 15) is 14.4 Å². The van der Waals surface area contributed by atoms with Crippen LogP contribution in [-0.4, -0.2) is 27.9 Å². The summed E-state index contributed by atoms with van der Waals surface area (Å²) in [6.45, 7) is 3.47. The Morgan fingerprint density at radius 1 is 1.15 bits per heavy atom. The van der Waals surface area contributed by atoms with Gasteiger partial charge in [-0.2, -0.15) is 0 Å². The number of aromatic nitrogens is 1. The third-order valence-corrected chi connectivity index (χ3v) is 5.69. The lowest BCUT2D eigenvalue weighted by atomic mass is 9.94. The minimum absolute atomic E-state index is 0.00940. The fraction of sp³-hybridized carbons (Fsp3) is 0.368. The van der Waals surface area contributed by atoms with E-state index in [0.29, 0.717) is 16.9 Å². The fourth-order valence-corrected chi connectivity index (χ4v) is 4.08. The molecule has 0 unspecified atom stereocenters. The summed E-state index contributed by atoms with van der Waals surface area (Å²) in [6.07, 6.45) is 3.88. The molecule has 142 valence electrons. The van der Waals surface area contributed by atoms with Crippen LogP contribution in [0.2, 0.25) is 0 Å². The highest BCUT2D eigenvalue weighted by atomic mass is 32.1. The van der Waals surface area contributed by atoms with E-state index in [2.05, 4.69) is 15.6 Å². The van der Waals surface area contributed by atoms with Gasteiger partial charge in [-0.1, -0.05) is 35.8 Å². The normalized spacial score (nSPS) is 14.1. The van der Waals surface area contributed by atoms with E-state index in [1.54, 1.807) is 19.1 Å². The van der Waals surface area contributed by atoms with Crippen LogP contribution in [0.5, 0.6) is 0 Å². The SMILES string of the molecule is Cc1ccc(NC(=O)Nc2nc(C)c(C(=O)O)s2)c(C(=O)C2CCCC2)c1. The van der Waals surface area contributed by atoms with Crippen molar-refractivity contribution in [2.24, 2.45) is 5.92 Å². The molecule has 1 aliphatic carbocycles. The monoisotopic (exact) mass is 387 g/mol. The number of carboxylic acids is 1. The Kier molecular flexibility index (Phi) is 5.55. The van der Waals surface area contributed by atoms with Crippen molar-refractivity contribution in [3.63, 3.8) is 0 Å². The summed E-state index contributed by atoms with van der Waals surface area (Å²) in [4.78, 5) is 40.4. The van der Waals surface area contributed by atoms with E-state index in [0.717, 1.165) is 42.6 Å². The van der Waals surface area contributed by atoms with Gasteiger partial charge in [-0.3, -0.25) is 10.1 Å². The highest BCUT2D eigenvalue weighted by molar-refractivity contribution is 7.17. The molecule has 2 aromatic rings. The zero-order valence-electron chi connectivity index (χ0n) is 15.2. The predicted molar refractivity (Wildman–Crippen MR) is 104 cm³/mol. The molecule has 3 rings (SSSR count). The van der Waals surface area contributed by atoms with Crippen LogP contribution in [0, 0.1) is 19.8 Å². The number of nitrogens with one attached hydrogen (secondary N) is 2. The molecule has 1 aliphatic rings. The number of rotatable bonds is 5. The lowest BCUT2D eigenvalue weighted by Crippen LogP contribution is -2.22. The maximum absolute atomic E-state index is 12.8. The number of carbonyl (C=O) groups is 3. The number of urea groups is 1. The molecule has 0 bridgehead atoms. The Balaban J connectivity index is 1.76. The van der Waals surface area contributed by atoms with Crippen molar-refractivity contribution in [2.75, 3.05) is 10.6 Å². The number of amides is 2. The number of anilines is 2. The molecule has 3 N–H and O–H groups in total. The van der Waals surface area contributed by atoms with Crippen LogP contribution in [0.4, 0.5) is 15.6 Å². The smallest absolute Gasteiger partial charge is 0.347 e. The van der Waals surface area contributed by atoms with Crippen molar-refractivity contribution in [2.45, 2.75) is 39.5 Å². The van der Waals surface area contributed by atoms with E-state index in [1.807, 2.05) is 13.0 Å². The van der Waals surface area contributed by atoms with Crippen LogP contribution in [-0.2, 0) is 0 Å². The molecule has 8 heteroatoms. The number of benzene rings is 1. The second-order valence-electron chi connectivity index (χ2n) is 6.71. The van der Waals surface area contributed by atoms with Gasteiger partial charge in [0, 0.05) is 11.5 Å². The number of aryl methyl sites for hydroxylation is 2. The average molecular weight is 387 g/mol. The molecule has 1 heterocycles. The number of hydrogen-bond donors (Lipinski definition) is 3. The first kappa shape index (κ1) is 19.0. The fourth-order valence-electron chi connectivity index (χ4n) is 3.28. The zero-order chi connectivity index (χ0) is 19.6. The Bertz CT molecular complexity index is 900. The molecule has 1 fully saturated rings. The molecule has 0 aliphatic heterocycles. The van der Waals surface area contributed by atoms with Gasteiger partial charge in [0.05, 0.1) is 11.4 Å². The maximum Gasteiger partial charge on any atom is 0.347 e. The molecular weight excluding hydrogens is 366 g/mol. The van der Waals surface area contributed by atoms with Crippen LogP contribution in [0.3, 0.4) is 0 Å². The molecule has 2 amide bonds. The van der Waals surface area contributed by atoms with Crippen LogP contribution in [0.1, 0.15) is 57.0 Å². The van der Waals surface area contributed by atoms with Crippen LogP contribution in [0.15, 0.2) is 18.2 Å². The molecule has 1 aromatic heterocycles. The summed E-state index contributed by atoms with van der Waals surface area (Å²) in [5, 5.41) is 14.5. The Morgan fingerprint density at radius 3 is 2.48 bits per heavy atom. The minimum atomic E-state index is -1.08. The number of hydrogen-bond acceptors (Lipinski definition) is 5. The number of aromatic carboxylic acids is 1. The molecule has 1 saturated carbocycles. The Labute approximate surface area is 160 Å². The number of thiazole rings is 1. The van der Waals surface area contributed by atoms with Gasteiger partial charge in [0.1, 0.15) is 4.88 Å². The summed E-state index contributed by atoms with van der Waals surface area (Å²) >= 11 is 0.890. The van der Waals surface area contributed by atoms with Gasteiger partial charge in [0.15, 0.2) is 10.9 Å². The van der Waals surface area contributed by atoms with Gasteiger partial charge in [-0.05, 0) is 38.8 Å². The molecule has 27 heavy (non-hydrogen) atoms. The van der Waals surface area contributed by atoms with Crippen molar-refractivity contribution < 1.29 is 19.5 Å². The van der Waals surface area contributed by atoms with Crippen LogP contribution >= 0.6 is 11.3 Å². The van der Waals surface area contributed by atoms with Crippen LogP contribution < -0.4 is 10.6 Å². The second-order valence-corrected chi connectivity index (χ2v) is 7.71. The third kappa shape index (κ3) is 4.33. The molecular formula is C19H21N3O4S. The summed E-state index contributed by atoms with van der Waals surface area (Å²) < 4.78 is 0. The predicted octanol–water partition coefficient (Wildman–Crippen LogP) is 4.48. The van der Waals surface area contributed by atoms with Crippen molar-refractivity contribution in [3.8, 4) is 0 Å². The Hall–Kier alpha value is -2.74. The third-order valence-electron chi connectivity index (χ3n) is 4.63. The van der Waals surface area contributed by atoms with Gasteiger partial charge in [-0.25, -0.2) is 14.6 Å². The number of carbonyl (C=O) groups excluding carboxylic acids is 2. The lowest BCUT2D eigenvalue weighted by molar-refractivity contribution is 0.0700. The number of Topliss-reactive ketones (excluding diaryl/α,β-unsaturated/α-hetero) is 1. The largest absolute Gasteiger partial charge is 0.477 e. The molecule has 7 nitrogen and oxygen atoms in total. The summed E-state index contributed by atoms with van der Waals surface area (Å²) in [5.41, 5.74) is 2.25. The molecule has 0 spiro atoms. The topological polar surface area (TPSA) is 108 Å². The van der Waals surface area contributed by atoms with E-state index in [4.69, 9.17) is 5.11 Å². The van der Waals surface area contributed by atoms with Crippen molar-refractivity contribution in [1.82, 2.24) is 4.98 Å². The van der Waals surface area contributed by atoms with Crippen molar-refractivity contribution in [1.29, 1.82) is 0 Å². The number of nitrogens with zero attached hydrogens (tertiary/aromatic N) is 1. The number of carboxylic acid groups (broad SMARTS) is 1. The van der Waals surface area contributed by atoms with E-state index in [1.165, 1.54) is 0 Å². The van der Waals surface area contributed by atoms with Gasteiger partial charge in [0.25, 0.3) is 0 Å². The first-order valence-corrected chi connectivity index (χ1v) is 9.60. The van der Waals surface area contributed by atoms with E-state index >= 15 is 0 Å². The zero-order valence-corrected chi connectivity index (χ0v) is 16.0. The molecule has 0 atom stereocenters. The molecule has 1 aromatic carbocycles. The second kappa shape index (κ2) is 7.87. The quantitative estimate of drug-likeness (QED) is 0.656. The molecule has 0 radical (unpaired) electrons. The van der Waals surface area contributed by atoms with Gasteiger partial charge in [-0.15, -0.1) is 0 Å². The highest BCUT2D eigenvalue weighted by Crippen LogP contribution is 2.31. The van der Waals surface area contributed by atoms with Gasteiger partial charge < -0.3 is 10.4 Å². The summed E-state index contributed by atoms with van der Waals surface area (Å²) in [5.74, 6) is -1.01. The Morgan fingerprint density at radius 2 is 1.85 bits per heavy atom. The van der Waals surface area contributed by atoms with Crippen molar-refractivity contribution >= 4 is 39.9 Å². The average Bonchev–Trinajstić information content (AvgIpc) is 3.25. The van der Waals surface area contributed by atoms with Gasteiger partial charge >= 0.3 is 12.0 Å². The van der Waals surface area contributed by atoms with Gasteiger partial charge in [0.2, 0.25) is 0 Å². The summed E-state index contributed by atoms with van der Waals surface area (Å²) in [7, 11) is 0. The molecule has 0 saturated heterocycles. The van der Waals surface area contributed by atoms with Crippen molar-refractivity contribution in [3.05, 3.63) is 39.9 Å². The number of ketones is 1. The van der Waals surface area contributed by atoms with Crippen LogP contribution in [0.25, 0.3) is 0 Å². The maximum atomic E-state index is 12.8. The summed E-state index contributed by atoms with van der Waals surface area (Å²) in [6, 6.07) is 4.78. The van der Waals surface area contributed by atoms with E-state index in [-0.39, 0.29) is 21.7 Å².